The van der Waals surface area contributed by atoms with Gasteiger partial charge < -0.3 is 5.11 Å². The summed E-state index contributed by atoms with van der Waals surface area (Å²) in [6.45, 7) is 7.38. The fraction of sp³-hybridized carbons (Fsp3) is 0.455. The molecule has 0 aliphatic heterocycles. The highest BCUT2D eigenvalue weighted by molar-refractivity contribution is 5.39. The summed E-state index contributed by atoms with van der Waals surface area (Å²) in [6, 6.07) is 4.44. The van der Waals surface area contributed by atoms with Gasteiger partial charge in [0.15, 0.2) is 0 Å². The van der Waals surface area contributed by atoms with Gasteiger partial charge >= 0.3 is 0 Å². The first-order valence-corrected chi connectivity index (χ1v) is 4.95. The minimum atomic E-state index is -0.583. The lowest BCUT2D eigenvalue weighted by molar-refractivity contribution is -0.384. The Kier molecular flexibility index (Phi) is 5.56. The van der Waals surface area contributed by atoms with Gasteiger partial charge in [0.25, 0.3) is 5.69 Å². The van der Waals surface area contributed by atoms with Crippen molar-refractivity contribution in [2.24, 2.45) is 0 Å². The third kappa shape index (κ3) is 3.67. The molecule has 0 aliphatic carbocycles. The monoisotopic (exact) mass is 211 g/mol. The average molecular weight is 211 g/mol. The average Bonchev–Trinajstić information content (AvgIpc) is 2.20. The molecule has 0 aliphatic rings. The van der Waals surface area contributed by atoms with Gasteiger partial charge in [0.2, 0.25) is 0 Å². The van der Waals surface area contributed by atoms with Gasteiger partial charge in [0.05, 0.1) is 11.0 Å². The lowest BCUT2D eigenvalue weighted by Crippen LogP contribution is -1.96. The Morgan fingerprint density at radius 3 is 2.27 bits per heavy atom. The molecule has 4 nitrogen and oxygen atoms in total. The number of aliphatic hydroxyl groups is 1. The van der Waals surface area contributed by atoms with Crippen LogP contribution in [0.15, 0.2) is 18.2 Å². The summed E-state index contributed by atoms with van der Waals surface area (Å²) < 4.78 is 0. The van der Waals surface area contributed by atoms with Crippen molar-refractivity contribution in [3.05, 3.63) is 39.4 Å². The molecule has 84 valence electrons. The Labute approximate surface area is 89.7 Å². The summed E-state index contributed by atoms with van der Waals surface area (Å²) in [5.41, 5.74) is 1.52. The second-order valence-corrected chi connectivity index (χ2v) is 2.97. The molecule has 0 aromatic heterocycles. The van der Waals surface area contributed by atoms with Crippen LogP contribution in [-0.2, 0) is 0 Å². The molecule has 1 unspecified atom stereocenters. The van der Waals surface area contributed by atoms with Crippen LogP contribution < -0.4 is 0 Å². The van der Waals surface area contributed by atoms with Gasteiger partial charge in [-0.25, -0.2) is 0 Å². The molecular formula is C11H17NO3. The predicted molar refractivity (Wildman–Crippen MR) is 59.8 cm³/mol. The minimum Gasteiger partial charge on any atom is -0.389 e. The molecule has 0 bridgehead atoms. The van der Waals surface area contributed by atoms with E-state index in [-0.39, 0.29) is 5.69 Å². The molecule has 0 radical (unpaired) electrons. The van der Waals surface area contributed by atoms with Crippen LogP contribution in [0.2, 0.25) is 0 Å². The van der Waals surface area contributed by atoms with E-state index in [2.05, 4.69) is 0 Å². The lowest BCUT2D eigenvalue weighted by Gasteiger charge is -2.07. The Hall–Kier alpha value is -1.42. The summed E-state index contributed by atoms with van der Waals surface area (Å²) in [5, 5.41) is 19.6. The number of hydrogen-bond acceptors (Lipinski definition) is 3. The number of aliphatic hydroxyl groups excluding tert-OH is 1. The molecule has 0 saturated heterocycles. The summed E-state index contributed by atoms with van der Waals surface area (Å²) in [4.78, 5) is 9.93. The number of rotatable bonds is 2. The van der Waals surface area contributed by atoms with Crippen LogP contribution >= 0.6 is 0 Å². The van der Waals surface area contributed by atoms with E-state index in [0.717, 1.165) is 11.1 Å². The molecule has 15 heavy (non-hydrogen) atoms. The van der Waals surface area contributed by atoms with Gasteiger partial charge in [0, 0.05) is 12.1 Å². The second-order valence-electron chi connectivity index (χ2n) is 2.97. The van der Waals surface area contributed by atoms with E-state index < -0.39 is 11.0 Å². The van der Waals surface area contributed by atoms with Gasteiger partial charge in [0.1, 0.15) is 0 Å². The highest BCUT2D eigenvalue weighted by Crippen LogP contribution is 2.21. The standard InChI is InChI=1S/C9H11NO3.C2H6/c1-6-5-8(10(12)13)3-4-9(6)7(2)11;1-2/h3-5,7,11H,1-2H3;1-2H3. The highest BCUT2D eigenvalue weighted by Gasteiger charge is 2.10. The van der Waals surface area contributed by atoms with Gasteiger partial charge in [-0.2, -0.15) is 0 Å². The van der Waals surface area contributed by atoms with Crippen LogP contribution in [0, 0.1) is 17.0 Å². The first-order valence-electron chi connectivity index (χ1n) is 4.95. The number of aryl methyl sites for hydroxylation is 1. The molecule has 1 rings (SSSR count). The molecule has 1 atom stereocenters. The van der Waals surface area contributed by atoms with E-state index >= 15 is 0 Å². The number of nitrogens with zero attached hydrogens (tertiary/aromatic N) is 1. The summed E-state index contributed by atoms with van der Waals surface area (Å²) >= 11 is 0. The summed E-state index contributed by atoms with van der Waals surface area (Å²) in [7, 11) is 0. The molecular weight excluding hydrogens is 194 g/mol. The quantitative estimate of drug-likeness (QED) is 0.604. The molecule has 4 heteroatoms. The van der Waals surface area contributed by atoms with Crippen molar-refractivity contribution in [1.29, 1.82) is 0 Å². The van der Waals surface area contributed by atoms with Crippen LogP contribution in [0.4, 0.5) is 5.69 Å². The number of hydrogen-bond donors (Lipinski definition) is 1. The minimum absolute atomic E-state index is 0.0573. The molecule has 0 fully saturated rings. The molecule has 1 aromatic carbocycles. The molecule has 1 N–H and O–H groups in total. The van der Waals surface area contributed by atoms with E-state index in [4.69, 9.17) is 0 Å². The zero-order valence-electron chi connectivity index (χ0n) is 9.52. The number of nitro benzene ring substituents is 1. The van der Waals surface area contributed by atoms with Crippen molar-refractivity contribution in [3.63, 3.8) is 0 Å². The largest absolute Gasteiger partial charge is 0.389 e. The maximum atomic E-state index is 10.4. The third-order valence-electron chi connectivity index (χ3n) is 1.91. The van der Waals surface area contributed by atoms with Crippen molar-refractivity contribution in [1.82, 2.24) is 0 Å². The van der Waals surface area contributed by atoms with Gasteiger partial charge in [-0.05, 0) is 31.0 Å². The molecule has 1 aromatic rings. The number of benzene rings is 1. The topological polar surface area (TPSA) is 63.4 Å². The predicted octanol–water partition coefficient (Wildman–Crippen LogP) is 2.98. The molecule has 0 amide bonds. The molecule has 0 spiro atoms. The van der Waals surface area contributed by atoms with Gasteiger partial charge in [-0.15, -0.1) is 0 Å². The maximum absolute atomic E-state index is 10.4. The van der Waals surface area contributed by atoms with Crippen molar-refractivity contribution in [3.8, 4) is 0 Å². The van der Waals surface area contributed by atoms with E-state index in [9.17, 15) is 15.2 Å². The van der Waals surface area contributed by atoms with E-state index in [1.807, 2.05) is 13.8 Å². The van der Waals surface area contributed by atoms with Crippen molar-refractivity contribution < 1.29 is 10.0 Å². The first-order chi connectivity index (χ1) is 7.02. The molecule has 0 saturated carbocycles. The second kappa shape index (κ2) is 6.14. The van der Waals surface area contributed by atoms with E-state index in [0.29, 0.717) is 0 Å². The zero-order chi connectivity index (χ0) is 12.0. The van der Waals surface area contributed by atoms with Crippen LogP contribution in [0.5, 0.6) is 0 Å². The summed E-state index contributed by atoms with van der Waals surface area (Å²) in [5.74, 6) is 0. The SMILES string of the molecule is CC.Cc1cc([N+](=O)[O-])ccc1C(C)O. The normalized spacial score (nSPS) is 11.3. The van der Waals surface area contributed by atoms with Gasteiger partial charge in [-0.1, -0.05) is 13.8 Å². The highest BCUT2D eigenvalue weighted by atomic mass is 16.6. The van der Waals surface area contributed by atoms with E-state index in [1.54, 1.807) is 19.9 Å². The van der Waals surface area contributed by atoms with Crippen LogP contribution in [0.1, 0.15) is 38.0 Å². The zero-order valence-corrected chi connectivity index (χ0v) is 9.52. The number of nitro groups is 1. The fourth-order valence-corrected chi connectivity index (χ4v) is 1.24. The maximum Gasteiger partial charge on any atom is 0.269 e. The molecule has 0 heterocycles. The van der Waals surface area contributed by atoms with E-state index in [1.165, 1.54) is 12.1 Å². The first kappa shape index (κ1) is 13.6. The van der Waals surface area contributed by atoms with Crippen LogP contribution in [0.3, 0.4) is 0 Å². The Bertz CT molecular complexity index is 335. The van der Waals surface area contributed by atoms with Crippen molar-refractivity contribution in [2.45, 2.75) is 33.8 Å². The lowest BCUT2D eigenvalue weighted by atomic mass is 10.0. The Morgan fingerprint density at radius 2 is 1.93 bits per heavy atom. The smallest absolute Gasteiger partial charge is 0.269 e. The number of non-ortho nitro benzene ring substituents is 1. The fourth-order valence-electron chi connectivity index (χ4n) is 1.24. The van der Waals surface area contributed by atoms with Crippen molar-refractivity contribution >= 4 is 5.69 Å². The Balaban J connectivity index is 0.000000921. The van der Waals surface area contributed by atoms with Crippen molar-refractivity contribution in [2.75, 3.05) is 0 Å². The Morgan fingerprint density at radius 1 is 1.40 bits per heavy atom. The summed E-state index contributed by atoms with van der Waals surface area (Å²) in [6.07, 6.45) is -0.583. The van der Waals surface area contributed by atoms with Crippen LogP contribution in [-0.4, -0.2) is 10.0 Å². The third-order valence-corrected chi connectivity index (χ3v) is 1.91. The van der Waals surface area contributed by atoms with Gasteiger partial charge in [-0.3, -0.25) is 10.1 Å². The van der Waals surface area contributed by atoms with Crippen LogP contribution in [0.25, 0.3) is 0 Å².